The first-order chi connectivity index (χ1) is 7.77. The van der Waals surface area contributed by atoms with Crippen LogP contribution in [0.2, 0.25) is 0 Å². The van der Waals surface area contributed by atoms with E-state index in [1.54, 1.807) is 0 Å². The molecule has 4 nitrogen and oxygen atoms in total. The fourth-order valence-corrected chi connectivity index (χ4v) is 1.82. The van der Waals surface area contributed by atoms with Crippen LogP contribution in [0.4, 0.5) is 9.18 Å². The van der Waals surface area contributed by atoms with Gasteiger partial charge in [-0.25, -0.2) is 9.18 Å². The molecule has 0 aliphatic rings. The Morgan fingerprint density at radius 1 is 1.41 bits per heavy atom. The van der Waals surface area contributed by atoms with Gasteiger partial charge in [-0.3, -0.25) is 0 Å². The Balaban J connectivity index is 3.42. The average Bonchev–Trinajstić information content (AvgIpc) is 2.17. The van der Waals surface area contributed by atoms with E-state index >= 15 is 0 Å². The van der Waals surface area contributed by atoms with Gasteiger partial charge in [0.1, 0.15) is 11.6 Å². The molecule has 1 aromatic rings. The van der Waals surface area contributed by atoms with Gasteiger partial charge in [0.05, 0.1) is 0 Å². The van der Waals surface area contributed by atoms with Gasteiger partial charge in [-0.2, -0.15) is 0 Å². The summed E-state index contributed by atoms with van der Waals surface area (Å²) in [6.45, 7) is 5.66. The highest BCUT2D eigenvalue weighted by Gasteiger charge is 2.25. The number of primary amides is 1. The Kier molecular flexibility index (Phi) is 3.72. The lowest BCUT2D eigenvalue weighted by atomic mass is 9.83. The summed E-state index contributed by atoms with van der Waals surface area (Å²) in [4.78, 5) is 10.7. The van der Waals surface area contributed by atoms with Crippen LogP contribution in [0, 0.1) is 5.82 Å². The van der Waals surface area contributed by atoms with Crippen LogP contribution in [-0.4, -0.2) is 6.09 Å². The number of benzene rings is 1. The highest BCUT2D eigenvalue weighted by Crippen LogP contribution is 2.33. The molecule has 0 bridgehead atoms. The molecule has 1 aromatic carbocycles. The highest BCUT2D eigenvalue weighted by molar-refractivity contribution is 5.69. The number of nitrogens with two attached hydrogens (primary N) is 2. The Morgan fingerprint density at radius 3 is 2.41 bits per heavy atom. The third kappa shape index (κ3) is 2.94. The number of hydrogen-bond donors (Lipinski definition) is 2. The number of ether oxygens (including phenoxy) is 1. The monoisotopic (exact) mass is 240 g/mol. The van der Waals surface area contributed by atoms with E-state index in [-0.39, 0.29) is 18.1 Å². The van der Waals surface area contributed by atoms with E-state index in [9.17, 15) is 9.18 Å². The third-order valence-corrected chi connectivity index (χ3v) is 2.38. The van der Waals surface area contributed by atoms with E-state index in [4.69, 9.17) is 16.2 Å². The van der Waals surface area contributed by atoms with Gasteiger partial charge in [0, 0.05) is 17.7 Å². The van der Waals surface area contributed by atoms with E-state index in [2.05, 4.69) is 0 Å². The molecule has 1 rings (SSSR count). The fourth-order valence-electron chi connectivity index (χ4n) is 1.82. The van der Waals surface area contributed by atoms with E-state index < -0.39 is 11.5 Å². The van der Waals surface area contributed by atoms with Gasteiger partial charge < -0.3 is 16.2 Å². The largest absolute Gasteiger partial charge is 0.410 e. The quantitative estimate of drug-likeness (QED) is 0.830. The lowest BCUT2D eigenvalue weighted by Crippen LogP contribution is -2.22. The average molecular weight is 240 g/mol. The van der Waals surface area contributed by atoms with Crippen molar-refractivity contribution in [1.29, 1.82) is 0 Å². The lowest BCUT2D eigenvalue weighted by Gasteiger charge is -2.24. The molecule has 4 N–H and O–H groups in total. The number of amides is 1. The van der Waals surface area contributed by atoms with Crippen molar-refractivity contribution in [2.45, 2.75) is 32.7 Å². The molecule has 0 aliphatic carbocycles. The second kappa shape index (κ2) is 4.71. The first-order valence-corrected chi connectivity index (χ1v) is 5.26. The zero-order valence-corrected chi connectivity index (χ0v) is 10.2. The normalized spacial score (nSPS) is 11.4. The predicted octanol–water partition coefficient (Wildman–Crippen LogP) is 2.04. The molecule has 0 radical (unpaired) electrons. The van der Waals surface area contributed by atoms with Crippen molar-refractivity contribution in [2.24, 2.45) is 11.5 Å². The molecule has 0 saturated heterocycles. The number of hydrogen-bond acceptors (Lipinski definition) is 3. The van der Waals surface area contributed by atoms with Crippen LogP contribution in [0.25, 0.3) is 0 Å². The van der Waals surface area contributed by atoms with Crippen molar-refractivity contribution in [1.82, 2.24) is 0 Å². The molecule has 0 unspecified atom stereocenters. The van der Waals surface area contributed by atoms with E-state index in [1.165, 1.54) is 12.1 Å². The summed E-state index contributed by atoms with van der Waals surface area (Å²) in [5.41, 5.74) is 11.0. The summed E-state index contributed by atoms with van der Waals surface area (Å²) in [5, 5.41) is 0. The van der Waals surface area contributed by atoms with Gasteiger partial charge in [-0.15, -0.1) is 0 Å². The number of rotatable bonds is 2. The maximum absolute atomic E-state index is 13.8. The number of carbonyl (C=O) groups is 1. The molecule has 0 aliphatic heterocycles. The lowest BCUT2D eigenvalue weighted by molar-refractivity contribution is 0.210. The first-order valence-electron chi connectivity index (χ1n) is 5.26. The minimum absolute atomic E-state index is 0.0764. The van der Waals surface area contributed by atoms with Crippen LogP contribution < -0.4 is 16.2 Å². The summed E-state index contributed by atoms with van der Waals surface area (Å²) < 4.78 is 18.6. The van der Waals surface area contributed by atoms with Crippen LogP contribution >= 0.6 is 0 Å². The molecule has 94 valence electrons. The summed E-state index contributed by atoms with van der Waals surface area (Å²) >= 11 is 0. The highest BCUT2D eigenvalue weighted by atomic mass is 19.1. The molecule has 0 aromatic heterocycles. The third-order valence-electron chi connectivity index (χ3n) is 2.38. The topological polar surface area (TPSA) is 78.3 Å². The molecule has 0 atom stereocenters. The van der Waals surface area contributed by atoms with Crippen molar-refractivity contribution >= 4 is 6.09 Å². The molecule has 0 spiro atoms. The molecular weight excluding hydrogens is 223 g/mol. The Labute approximate surface area is 99.7 Å². The molecule has 0 saturated carbocycles. The van der Waals surface area contributed by atoms with Crippen LogP contribution in [0.1, 0.15) is 31.9 Å². The van der Waals surface area contributed by atoms with Crippen molar-refractivity contribution < 1.29 is 13.9 Å². The predicted molar refractivity (Wildman–Crippen MR) is 63.2 cm³/mol. The summed E-state index contributed by atoms with van der Waals surface area (Å²) in [5.74, 6) is -0.152. The smallest absolute Gasteiger partial charge is 0.409 e. The minimum atomic E-state index is -0.939. The van der Waals surface area contributed by atoms with E-state index in [1.807, 2.05) is 20.8 Å². The second-order valence-electron chi connectivity index (χ2n) is 4.77. The van der Waals surface area contributed by atoms with Gasteiger partial charge in [0.15, 0.2) is 0 Å². The number of carbonyl (C=O) groups excluding carboxylic acids is 1. The summed E-state index contributed by atoms with van der Waals surface area (Å²) in [7, 11) is 0. The van der Waals surface area contributed by atoms with Crippen LogP contribution in [0.5, 0.6) is 5.75 Å². The van der Waals surface area contributed by atoms with E-state index in [0.29, 0.717) is 11.1 Å². The fraction of sp³-hybridized carbons (Fsp3) is 0.417. The SMILES string of the molecule is CC(C)(C)c1c(F)ccc(OC(N)=O)c1CN. The summed E-state index contributed by atoms with van der Waals surface area (Å²) in [6, 6.07) is 2.61. The molecule has 0 fully saturated rings. The second-order valence-corrected chi connectivity index (χ2v) is 4.77. The van der Waals surface area contributed by atoms with Gasteiger partial charge in [-0.1, -0.05) is 20.8 Å². The maximum atomic E-state index is 13.8. The zero-order valence-electron chi connectivity index (χ0n) is 10.2. The van der Waals surface area contributed by atoms with Crippen molar-refractivity contribution in [3.05, 3.63) is 29.1 Å². The Bertz CT molecular complexity index is 439. The Hall–Kier alpha value is -1.62. The van der Waals surface area contributed by atoms with Crippen LogP contribution in [-0.2, 0) is 12.0 Å². The van der Waals surface area contributed by atoms with Gasteiger partial charge in [-0.05, 0) is 17.5 Å². The van der Waals surface area contributed by atoms with E-state index in [0.717, 1.165) is 0 Å². The minimum Gasteiger partial charge on any atom is -0.410 e. The van der Waals surface area contributed by atoms with Crippen molar-refractivity contribution in [3.63, 3.8) is 0 Å². The van der Waals surface area contributed by atoms with Crippen molar-refractivity contribution in [3.8, 4) is 5.75 Å². The first kappa shape index (κ1) is 13.4. The molecule has 0 heterocycles. The summed E-state index contributed by atoms with van der Waals surface area (Å²) in [6.07, 6.45) is -0.939. The van der Waals surface area contributed by atoms with Crippen LogP contribution in [0.15, 0.2) is 12.1 Å². The maximum Gasteiger partial charge on any atom is 0.409 e. The van der Waals surface area contributed by atoms with Gasteiger partial charge in [0.2, 0.25) is 0 Å². The molecule has 1 amide bonds. The standard InChI is InChI=1S/C12H17FN2O2/c1-12(2,3)10-7(6-14)9(17-11(15)16)5-4-8(10)13/h4-5H,6,14H2,1-3H3,(H2,15,16). The molecular formula is C12H17FN2O2. The van der Waals surface area contributed by atoms with Gasteiger partial charge >= 0.3 is 6.09 Å². The zero-order chi connectivity index (χ0) is 13.2. The van der Waals surface area contributed by atoms with Crippen molar-refractivity contribution in [2.75, 3.05) is 0 Å². The Morgan fingerprint density at radius 2 is 2.00 bits per heavy atom. The number of halogens is 1. The van der Waals surface area contributed by atoms with Crippen LogP contribution in [0.3, 0.4) is 0 Å². The van der Waals surface area contributed by atoms with Gasteiger partial charge in [0.25, 0.3) is 0 Å². The molecule has 17 heavy (non-hydrogen) atoms. The molecule has 5 heteroatoms.